The Morgan fingerprint density at radius 1 is 1.25 bits per heavy atom. The summed E-state index contributed by atoms with van der Waals surface area (Å²) in [6.45, 7) is 1.63. The van der Waals surface area contributed by atoms with Crippen LogP contribution in [0.3, 0.4) is 0 Å². The predicted octanol–water partition coefficient (Wildman–Crippen LogP) is 1.74. The Kier molecular flexibility index (Phi) is 3.42. The van der Waals surface area contributed by atoms with E-state index >= 15 is 0 Å². The van der Waals surface area contributed by atoms with Crippen LogP contribution >= 0.6 is 11.6 Å². The van der Waals surface area contributed by atoms with Gasteiger partial charge in [0.05, 0.1) is 0 Å². The third kappa shape index (κ3) is 2.34. The fourth-order valence-corrected chi connectivity index (χ4v) is 2.13. The van der Waals surface area contributed by atoms with Gasteiger partial charge in [0, 0.05) is 0 Å². The summed E-state index contributed by atoms with van der Waals surface area (Å²) in [5.74, 6) is 5.56. The van der Waals surface area contributed by atoms with Gasteiger partial charge >= 0.3 is 0 Å². The third-order valence-electron chi connectivity index (χ3n) is 2.64. The molecule has 0 spiro atoms. The SMILES string of the molecule is C[C@@H](O)C#Cc1nnc(Cl)c2c1CCCC2. The van der Waals surface area contributed by atoms with Crippen LogP contribution in [0.25, 0.3) is 0 Å². The Labute approximate surface area is 99.8 Å². The highest BCUT2D eigenvalue weighted by Crippen LogP contribution is 2.27. The predicted molar refractivity (Wildman–Crippen MR) is 62.2 cm³/mol. The molecular formula is C12H13ClN2O. The van der Waals surface area contributed by atoms with Crippen LogP contribution in [-0.2, 0) is 12.8 Å². The lowest BCUT2D eigenvalue weighted by molar-refractivity contribution is 0.253. The van der Waals surface area contributed by atoms with E-state index in [0.717, 1.165) is 36.8 Å². The van der Waals surface area contributed by atoms with Crippen LogP contribution in [0.15, 0.2) is 0 Å². The van der Waals surface area contributed by atoms with E-state index < -0.39 is 6.10 Å². The molecule has 0 fully saturated rings. The number of aliphatic hydroxyl groups excluding tert-OH is 1. The van der Waals surface area contributed by atoms with Crippen molar-refractivity contribution >= 4 is 11.6 Å². The molecule has 1 aromatic rings. The van der Waals surface area contributed by atoms with Gasteiger partial charge < -0.3 is 5.11 Å². The fourth-order valence-electron chi connectivity index (χ4n) is 1.88. The molecule has 84 valence electrons. The Hall–Kier alpha value is -1.11. The second kappa shape index (κ2) is 4.82. The first-order valence-corrected chi connectivity index (χ1v) is 5.80. The first-order valence-electron chi connectivity index (χ1n) is 5.42. The first-order chi connectivity index (χ1) is 7.68. The second-order valence-electron chi connectivity index (χ2n) is 3.95. The highest BCUT2D eigenvalue weighted by atomic mass is 35.5. The molecule has 2 rings (SSSR count). The molecule has 0 saturated heterocycles. The maximum absolute atomic E-state index is 9.12. The second-order valence-corrected chi connectivity index (χ2v) is 4.31. The van der Waals surface area contributed by atoms with Crippen LogP contribution in [0.5, 0.6) is 0 Å². The van der Waals surface area contributed by atoms with Crippen LogP contribution < -0.4 is 0 Å². The number of aliphatic hydroxyl groups is 1. The van der Waals surface area contributed by atoms with Crippen molar-refractivity contribution in [2.75, 3.05) is 0 Å². The molecule has 1 heterocycles. The Bertz CT molecular complexity index is 460. The van der Waals surface area contributed by atoms with Crippen LogP contribution in [0.1, 0.15) is 36.6 Å². The number of hydrogen-bond donors (Lipinski definition) is 1. The molecule has 1 atom stereocenters. The van der Waals surface area contributed by atoms with Crippen molar-refractivity contribution in [2.45, 2.75) is 38.7 Å². The minimum atomic E-state index is -0.642. The lowest BCUT2D eigenvalue weighted by atomic mass is 9.92. The minimum absolute atomic E-state index is 0.497. The summed E-state index contributed by atoms with van der Waals surface area (Å²) in [5.41, 5.74) is 2.86. The Morgan fingerprint density at radius 3 is 2.62 bits per heavy atom. The highest BCUT2D eigenvalue weighted by Gasteiger charge is 2.17. The zero-order valence-electron chi connectivity index (χ0n) is 9.13. The van der Waals surface area contributed by atoms with Gasteiger partial charge in [-0.2, -0.15) is 0 Å². The minimum Gasteiger partial charge on any atom is -0.381 e. The van der Waals surface area contributed by atoms with Gasteiger partial charge in [0.2, 0.25) is 0 Å². The number of fused-ring (bicyclic) bond motifs is 1. The van der Waals surface area contributed by atoms with E-state index in [1.807, 2.05) is 0 Å². The number of rotatable bonds is 0. The largest absolute Gasteiger partial charge is 0.381 e. The van der Waals surface area contributed by atoms with Crippen molar-refractivity contribution in [1.82, 2.24) is 10.2 Å². The van der Waals surface area contributed by atoms with E-state index in [4.69, 9.17) is 16.7 Å². The molecule has 0 aliphatic heterocycles. The van der Waals surface area contributed by atoms with Crippen molar-refractivity contribution in [3.05, 3.63) is 22.0 Å². The lowest BCUT2D eigenvalue weighted by Gasteiger charge is -2.16. The Morgan fingerprint density at radius 2 is 1.94 bits per heavy atom. The average molecular weight is 237 g/mol. The molecule has 1 aromatic heterocycles. The molecular weight excluding hydrogens is 224 g/mol. The maximum Gasteiger partial charge on any atom is 0.155 e. The van der Waals surface area contributed by atoms with Crippen molar-refractivity contribution < 1.29 is 5.11 Å². The van der Waals surface area contributed by atoms with Crippen LogP contribution in [0.2, 0.25) is 5.15 Å². The molecule has 0 aromatic carbocycles. The smallest absolute Gasteiger partial charge is 0.155 e. The highest BCUT2D eigenvalue weighted by molar-refractivity contribution is 6.30. The Balaban J connectivity index is 2.44. The molecule has 3 nitrogen and oxygen atoms in total. The summed E-state index contributed by atoms with van der Waals surface area (Å²) in [6, 6.07) is 0. The van der Waals surface area contributed by atoms with Gasteiger partial charge in [0.15, 0.2) is 5.15 Å². The van der Waals surface area contributed by atoms with Crippen molar-refractivity contribution in [1.29, 1.82) is 0 Å². The van der Waals surface area contributed by atoms with E-state index in [-0.39, 0.29) is 0 Å². The quantitative estimate of drug-likeness (QED) is 0.698. The number of halogens is 1. The third-order valence-corrected chi connectivity index (χ3v) is 2.94. The molecule has 0 unspecified atom stereocenters. The van der Waals surface area contributed by atoms with E-state index in [2.05, 4.69) is 22.0 Å². The van der Waals surface area contributed by atoms with Crippen LogP contribution in [-0.4, -0.2) is 21.4 Å². The van der Waals surface area contributed by atoms with Crippen molar-refractivity contribution in [2.24, 2.45) is 0 Å². The average Bonchev–Trinajstić information content (AvgIpc) is 2.28. The molecule has 0 saturated carbocycles. The van der Waals surface area contributed by atoms with Gasteiger partial charge in [0.25, 0.3) is 0 Å². The van der Waals surface area contributed by atoms with Gasteiger partial charge in [-0.1, -0.05) is 17.5 Å². The van der Waals surface area contributed by atoms with Crippen LogP contribution in [0, 0.1) is 11.8 Å². The molecule has 1 aliphatic carbocycles. The molecule has 1 N–H and O–H groups in total. The van der Waals surface area contributed by atoms with Gasteiger partial charge in [-0.25, -0.2) is 0 Å². The van der Waals surface area contributed by atoms with E-state index in [9.17, 15) is 0 Å². The summed E-state index contributed by atoms with van der Waals surface area (Å²) in [7, 11) is 0. The zero-order valence-corrected chi connectivity index (χ0v) is 9.88. The molecule has 0 bridgehead atoms. The molecule has 4 heteroatoms. The summed E-state index contributed by atoms with van der Waals surface area (Å²) in [5, 5.41) is 17.5. The van der Waals surface area contributed by atoms with E-state index in [0.29, 0.717) is 10.8 Å². The first kappa shape index (κ1) is 11.4. The topological polar surface area (TPSA) is 46.0 Å². The van der Waals surface area contributed by atoms with Crippen LogP contribution in [0.4, 0.5) is 0 Å². The molecule has 0 amide bonds. The van der Waals surface area contributed by atoms with E-state index in [1.54, 1.807) is 6.92 Å². The molecule has 0 radical (unpaired) electrons. The number of aromatic nitrogens is 2. The van der Waals surface area contributed by atoms with Gasteiger partial charge in [0.1, 0.15) is 11.8 Å². The fraction of sp³-hybridized carbons (Fsp3) is 0.500. The summed E-state index contributed by atoms with van der Waals surface area (Å²) >= 11 is 6.01. The molecule has 1 aliphatic rings. The van der Waals surface area contributed by atoms with Crippen molar-refractivity contribution in [3.63, 3.8) is 0 Å². The normalized spacial score (nSPS) is 15.9. The summed E-state index contributed by atoms with van der Waals surface area (Å²) < 4.78 is 0. The van der Waals surface area contributed by atoms with Gasteiger partial charge in [-0.15, -0.1) is 10.2 Å². The monoisotopic (exact) mass is 236 g/mol. The van der Waals surface area contributed by atoms with Gasteiger partial charge in [-0.3, -0.25) is 0 Å². The molecule has 16 heavy (non-hydrogen) atoms. The zero-order chi connectivity index (χ0) is 11.5. The number of nitrogens with zero attached hydrogens (tertiary/aromatic N) is 2. The number of hydrogen-bond acceptors (Lipinski definition) is 3. The summed E-state index contributed by atoms with van der Waals surface area (Å²) in [4.78, 5) is 0. The van der Waals surface area contributed by atoms with E-state index in [1.165, 1.54) is 0 Å². The van der Waals surface area contributed by atoms with Crippen molar-refractivity contribution in [3.8, 4) is 11.8 Å². The standard InChI is InChI=1S/C12H13ClN2O/c1-8(16)6-7-11-9-4-2-3-5-10(9)12(13)15-14-11/h8,16H,2-5H2,1H3/t8-/m1/s1. The maximum atomic E-state index is 9.12. The lowest BCUT2D eigenvalue weighted by Crippen LogP contribution is -2.09. The van der Waals surface area contributed by atoms with Gasteiger partial charge in [-0.05, 0) is 49.7 Å². The summed E-state index contributed by atoms with van der Waals surface area (Å²) in [6.07, 6.45) is 3.54.